The number of ether oxygens (including phenoxy) is 3. The standard InChI is InChI=1S/C25H36N4O4/c1-19(2)25-26-18-23(27-25)28-9-7-22(8-10-28)33-16-15-32-21-5-3-20(4-6-21)17-24(30)29-11-13-31-14-12-29/h3-6,19,22H,7-18H2,1-2H3. The van der Waals surface area contributed by atoms with Crippen molar-refractivity contribution < 1.29 is 19.0 Å². The minimum absolute atomic E-state index is 0.152. The number of benzene rings is 1. The molecule has 2 saturated heterocycles. The first kappa shape index (κ1) is 23.7. The Morgan fingerprint density at radius 3 is 2.48 bits per heavy atom. The van der Waals surface area contributed by atoms with Gasteiger partial charge in [0, 0.05) is 32.1 Å². The monoisotopic (exact) mass is 456 g/mol. The number of amides is 1. The quantitative estimate of drug-likeness (QED) is 0.562. The van der Waals surface area contributed by atoms with E-state index >= 15 is 0 Å². The summed E-state index contributed by atoms with van der Waals surface area (Å²) < 4.78 is 17.2. The van der Waals surface area contributed by atoms with Crippen molar-refractivity contribution >= 4 is 17.6 Å². The van der Waals surface area contributed by atoms with Gasteiger partial charge in [-0.2, -0.15) is 0 Å². The van der Waals surface area contributed by atoms with Gasteiger partial charge in [0.15, 0.2) is 0 Å². The van der Waals surface area contributed by atoms with E-state index in [2.05, 4.69) is 23.7 Å². The highest BCUT2D eigenvalue weighted by atomic mass is 16.5. The number of likely N-dealkylation sites (tertiary alicyclic amines) is 1. The highest BCUT2D eigenvalue weighted by Crippen LogP contribution is 2.18. The van der Waals surface area contributed by atoms with Crippen LogP contribution in [0.2, 0.25) is 0 Å². The van der Waals surface area contributed by atoms with Crippen LogP contribution in [0.5, 0.6) is 5.75 Å². The van der Waals surface area contributed by atoms with Crippen molar-refractivity contribution in [3.63, 3.8) is 0 Å². The molecule has 2 fully saturated rings. The normalized spacial score (nSPS) is 19.6. The largest absolute Gasteiger partial charge is 0.491 e. The van der Waals surface area contributed by atoms with Gasteiger partial charge in [-0.25, -0.2) is 4.99 Å². The van der Waals surface area contributed by atoms with Crippen molar-refractivity contribution in [3.05, 3.63) is 29.8 Å². The van der Waals surface area contributed by atoms with E-state index in [9.17, 15) is 4.79 Å². The van der Waals surface area contributed by atoms with Gasteiger partial charge in [-0.3, -0.25) is 9.79 Å². The summed E-state index contributed by atoms with van der Waals surface area (Å²) in [5.74, 6) is 3.42. The van der Waals surface area contributed by atoms with Gasteiger partial charge in [0.05, 0.1) is 38.9 Å². The molecule has 0 unspecified atom stereocenters. The van der Waals surface area contributed by atoms with Crippen molar-refractivity contribution in [1.29, 1.82) is 0 Å². The van der Waals surface area contributed by atoms with Crippen molar-refractivity contribution in [2.24, 2.45) is 15.9 Å². The van der Waals surface area contributed by atoms with Crippen molar-refractivity contribution in [1.82, 2.24) is 9.80 Å². The predicted molar refractivity (Wildman–Crippen MR) is 128 cm³/mol. The maximum Gasteiger partial charge on any atom is 0.227 e. The minimum Gasteiger partial charge on any atom is -0.491 e. The second-order valence-electron chi connectivity index (χ2n) is 9.08. The van der Waals surface area contributed by atoms with Crippen molar-refractivity contribution in [2.75, 3.05) is 59.2 Å². The zero-order chi connectivity index (χ0) is 23.0. The number of rotatable bonds is 8. The van der Waals surface area contributed by atoms with Crippen LogP contribution in [0, 0.1) is 5.92 Å². The van der Waals surface area contributed by atoms with E-state index < -0.39 is 0 Å². The Bertz CT molecular complexity index is 838. The van der Waals surface area contributed by atoms with Crippen LogP contribution in [0.4, 0.5) is 0 Å². The topological polar surface area (TPSA) is 76.0 Å². The fraction of sp³-hybridized carbons (Fsp3) is 0.640. The highest BCUT2D eigenvalue weighted by molar-refractivity contribution is 6.03. The number of carbonyl (C=O) groups excluding carboxylic acids is 1. The van der Waals surface area contributed by atoms with Crippen LogP contribution >= 0.6 is 0 Å². The Morgan fingerprint density at radius 1 is 1.09 bits per heavy atom. The number of carbonyl (C=O) groups is 1. The second kappa shape index (κ2) is 11.6. The molecule has 3 aliphatic rings. The SMILES string of the molecule is CC(C)C1=NCC(N2CCC(OCCOc3ccc(CC(=O)N4CCOCC4)cc3)CC2)=N1. The molecular formula is C25H36N4O4. The molecule has 3 aliphatic heterocycles. The van der Waals surface area contributed by atoms with Crippen LogP contribution in [-0.2, 0) is 20.7 Å². The van der Waals surface area contributed by atoms with Gasteiger partial charge in [0.2, 0.25) is 5.91 Å². The summed E-state index contributed by atoms with van der Waals surface area (Å²) in [7, 11) is 0. The molecule has 8 heteroatoms. The molecule has 0 radical (unpaired) electrons. The highest BCUT2D eigenvalue weighted by Gasteiger charge is 2.24. The molecule has 1 aromatic rings. The van der Waals surface area contributed by atoms with E-state index in [1.54, 1.807) is 0 Å². The van der Waals surface area contributed by atoms with E-state index in [1.165, 1.54) is 0 Å². The fourth-order valence-corrected chi connectivity index (χ4v) is 4.29. The smallest absolute Gasteiger partial charge is 0.227 e. The van der Waals surface area contributed by atoms with Gasteiger partial charge in [-0.1, -0.05) is 26.0 Å². The Morgan fingerprint density at radius 2 is 1.82 bits per heavy atom. The lowest BCUT2D eigenvalue weighted by molar-refractivity contribution is -0.134. The molecule has 0 N–H and O–H groups in total. The maximum absolute atomic E-state index is 12.4. The third kappa shape index (κ3) is 6.77. The summed E-state index contributed by atoms with van der Waals surface area (Å²) in [6.07, 6.45) is 2.69. The van der Waals surface area contributed by atoms with Gasteiger partial charge in [0.25, 0.3) is 0 Å². The first-order valence-electron chi connectivity index (χ1n) is 12.1. The average Bonchev–Trinajstić information content (AvgIpc) is 3.35. The maximum atomic E-state index is 12.4. The van der Waals surface area contributed by atoms with Gasteiger partial charge in [-0.15, -0.1) is 0 Å². The fourth-order valence-electron chi connectivity index (χ4n) is 4.29. The Balaban J connectivity index is 1.10. The van der Waals surface area contributed by atoms with E-state index in [1.807, 2.05) is 29.2 Å². The number of piperidine rings is 1. The molecule has 3 heterocycles. The van der Waals surface area contributed by atoms with Crippen molar-refractivity contribution in [2.45, 2.75) is 39.2 Å². The zero-order valence-electron chi connectivity index (χ0n) is 19.9. The number of morpholine rings is 1. The van der Waals surface area contributed by atoms with Crippen LogP contribution in [-0.4, -0.2) is 92.6 Å². The second-order valence-corrected chi connectivity index (χ2v) is 9.08. The molecule has 0 aromatic heterocycles. The molecule has 0 spiro atoms. The molecule has 1 aromatic carbocycles. The zero-order valence-corrected chi connectivity index (χ0v) is 19.9. The number of nitrogens with zero attached hydrogens (tertiary/aromatic N) is 4. The van der Waals surface area contributed by atoms with E-state index in [0.717, 1.165) is 48.9 Å². The molecule has 1 amide bonds. The van der Waals surface area contributed by atoms with E-state index in [4.69, 9.17) is 19.2 Å². The molecule has 4 rings (SSSR count). The lowest BCUT2D eigenvalue weighted by atomic mass is 10.1. The summed E-state index contributed by atoms with van der Waals surface area (Å²) in [6, 6.07) is 7.78. The van der Waals surface area contributed by atoms with Gasteiger partial charge in [-0.05, 0) is 30.5 Å². The molecule has 0 bridgehead atoms. The third-order valence-electron chi connectivity index (χ3n) is 6.30. The minimum atomic E-state index is 0.152. The lowest BCUT2D eigenvalue weighted by Gasteiger charge is -2.33. The summed E-state index contributed by atoms with van der Waals surface area (Å²) in [6.45, 7) is 10.6. The third-order valence-corrected chi connectivity index (χ3v) is 6.30. The first-order chi connectivity index (χ1) is 16.1. The molecule has 0 atom stereocenters. The molecule has 33 heavy (non-hydrogen) atoms. The first-order valence-corrected chi connectivity index (χ1v) is 12.1. The summed E-state index contributed by atoms with van der Waals surface area (Å²) in [5, 5.41) is 0. The molecular weight excluding hydrogens is 420 g/mol. The Hall–Kier alpha value is -2.45. The summed E-state index contributed by atoms with van der Waals surface area (Å²) >= 11 is 0. The molecule has 0 saturated carbocycles. The number of hydrogen-bond donors (Lipinski definition) is 0. The van der Waals surface area contributed by atoms with E-state index in [-0.39, 0.29) is 12.0 Å². The van der Waals surface area contributed by atoms with Crippen LogP contribution < -0.4 is 4.74 Å². The van der Waals surface area contributed by atoms with E-state index in [0.29, 0.717) is 58.4 Å². The Kier molecular flexibility index (Phi) is 8.34. The van der Waals surface area contributed by atoms with Crippen molar-refractivity contribution in [3.8, 4) is 5.75 Å². The molecule has 0 aliphatic carbocycles. The number of amidine groups is 2. The summed E-state index contributed by atoms with van der Waals surface area (Å²) in [5.41, 5.74) is 1.000. The van der Waals surface area contributed by atoms with Crippen LogP contribution in [0.3, 0.4) is 0 Å². The van der Waals surface area contributed by atoms with Crippen LogP contribution in [0.25, 0.3) is 0 Å². The molecule has 8 nitrogen and oxygen atoms in total. The molecule has 180 valence electrons. The average molecular weight is 457 g/mol. The van der Waals surface area contributed by atoms with Crippen LogP contribution in [0.1, 0.15) is 32.3 Å². The summed E-state index contributed by atoms with van der Waals surface area (Å²) in [4.78, 5) is 25.8. The van der Waals surface area contributed by atoms with Crippen LogP contribution in [0.15, 0.2) is 34.3 Å². The number of hydrogen-bond acceptors (Lipinski definition) is 7. The number of aliphatic imine (C=N–C) groups is 2. The van der Waals surface area contributed by atoms with Gasteiger partial charge < -0.3 is 24.0 Å². The predicted octanol–water partition coefficient (Wildman–Crippen LogP) is 2.41. The Labute approximate surface area is 196 Å². The van der Waals surface area contributed by atoms with Gasteiger partial charge in [0.1, 0.15) is 24.0 Å². The lowest BCUT2D eigenvalue weighted by Crippen LogP contribution is -2.41. The van der Waals surface area contributed by atoms with Gasteiger partial charge >= 0.3 is 0 Å².